The Bertz CT molecular complexity index is 655. The van der Waals surface area contributed by atoms with Crippen LogP contribution in [0.5, 0.6) is 5.75 Å². The van der Waals surface area contributed by atoms with Crippen LogP contribution in [0, 0.1) is 0 Å². The molecular formula is C15H12F11IO. The van der Waals surface area contributed by atoms with E-state index in [1.54, 1.807) is 0 Å². The highest BCUT2D eigenvalue weighted by atomic mass is 127. The summed E-state index contributed by atoms with van der Waals surface area (Å²) in [6.45, 7) is 0. The summed E-state index contributed by atoms with van der Waals surface area (Å²) >= 11 is 1.19. The number of methoxy groups -OCH3 is 1. The molecule has 1 nitrogen and oxygen atoms in total. The minimum atomic E-state index is -7.36. The second-order valence-corrected chi connectivity index (χ2v) is 7.54. The van der Waals surface area contributed by atoms with Gasteiger partial charge >= 0.3 is 29.9 Å². The molecule has 0 saturated heterocycles. The first-order valence-corrected chi connectivity index (χ1v) is 8.50. The number of rotatable bonds is 8. The first kappa shape index (κ1) is 25.0. The summed E-state index contributed by atoms with van der Waals surface area (Å²) in [7, 11) is 1.33. The van der Waals surface area contributed by atoms with Gasteiger partial charge in [-0.3, -0.25) is 0 Å². The van der Waals surface area contributed by atoms with Crippen molar-refractivity contribution in [3.63, 3.8) is 0 Å². The van der Waals surface area contributed by atoms with Crippen LogP contribution in [0.4, 0.5) is 48.3 Å². The molecule has 0 aliphatic rings. The van der Waals surface area contributed by atoms with Crippen molar-refractivity contribution in [2.45, 2.75) is 46.6 Å². The molecule has 1 unspecified atom stereocenters. The van der Waals surface area contributed by atoms with Crippen molar-refractivity contribution >= 4 is 22.6 Å². The number of hydrogen-bond acceptors (Lipinski definition) is 1. The van der Waals surface area contributed by atoms with Crippen LogP contribution in [0.25, 0.3) is 0 Å². The van der Waals surface area contributed by atoms with E-state index >= 15 is 0 Å². The Kier molecular flexibility index (Phi) is 7.16. The number of benzene rings is 1. The standard InChI is InChI=1S/C15H12F11IO/c1-28-10-4-2-8(3-5-10)6-9(27)7-11(16,17)12(18,19)13(20,21)14(22,23)15(24,25)26/h2-5,9H,6-7H2,1H3. The lowest BCUT2D eigenvalue weighted by Crippen LogP contribution is -2.66. The Labute approximate surface area is 165 Å². The third-order valence-electron chi connectivity index (χ3n) is 3.70. The minimum absolute atomic E-state index is 0.298. The molecule has 0 heterocycles. The lowest BCUT2D eigenvalue weighted by molar-refractivity contribution is -0.422. The van der Waals surface area contributed by atoms with Crippen LogP contribution in [0.2, 0.25) is 0 Å². The molecule has 0 spiro atoms. The third-order valence-corrected chi connectivity index (χ3v) is 4.58. The van der Waals surface area contributed by atoms with Gasteiger partial charge in [0.2, 0.25) is 0 Å². The van der Waals surface area contributed by atoms with Crippen molar-refractivity contribution in [3.05, 3.63) is 29.8 Å². The largest absolute Gasteiger partial charge is 0.497 e. The highest BCUT2D eigenvalue weighted by Gasteiger charge is 2.86. The van der Waals surface area contributed by atoms with Crippen molar-refractivity contribution in [3.8, 4) is 5.75 Å². The first-order valence-electron chi connectivity index (χ1n) is 7.25. The van der Waals surface area contributed by atoms with Crippen LogP contribution >= 0.6 is 22.6 Å². The predicted octanol–water partition coefficient (Wildman–Crippen LogP) is 6.53. The average Bonchev–Trinajstić information content (AvgIpc) is 2.53. The summed E-state index contributed by atoms with van der Waals surface area (Å²) in [5.74, 6) is -27.1. The molecule has 0 fully saturated rings. The molecule has 0 radical (unpaired) electrons. The zero-order valence-electron chi connectivity index (χ0n) is 13.7. The normalized spacial score (nSPS) is 15.5. The molecule has 0 saturated carbocycles. The van der Waals surface area contributed by atoms with Gasteiger partial charge in [0.15, 0.2) is 0 Å². The van der Waals surface area contributed by atoms with Gasteiger partial charge in [-0.1, -0.05) is 34.7 Å². The van der Waals surface area contributed by atoms with Crippen LogP contribution in [0.3, 0.4) is 0 Å². The van der Waals surface area contributed by atoms with Crippen molar-refractivity contribution in [1.29, 1.82) is 0 Å². The van der Waals surface area contributed by atoms with Crippen molar-refractivity contribution in [2.75, 3.05) is 7.11 Å². The van der Waals surface area contributed by atoms with Crippen molar-refractivity contribution in [2.24, 2.45) is 0 Å². The zero-order valence-corrected chi connectivity index (χ0v) is 15.9. The molecule has 0 aliphatic heterocycles. The van der Waals surface area contributed by atoms with Gasteiger partial charge in [-0.05, 0) is 24.1 Å². The molecular weight excluding hydrogens is 532 g/mol. The molecule has 1 rings (SSSR count). The van der Waals surface area contributed by atoms with E-state index in [0.717, 1.165) is 0 Å². The van der Waals surface area contributed by atoms with E-state index in [9.17, 15) is 48.3 Å². The predicted molar refractivity (Wildman–Crippen MR) is 85.0 cm³/mol. The maximum atomic E-state index is 13.7. The number of hydrogen-bond donors (Lipinski definition) is 0. The van der Waals surface area contributed by atoms with Crippen LogP contribution in [-0.2, 0) is 6.42 Å². The third kappa shape index (κ3) is 4.58. The van der Waals surface area contributed by atoms with Crippen LogP contribution in [-0.4, -0.2) is 40.9 Å². The molecule has 0 amide bonds. The topological polar surface area (TPSA) is 9.23 Å². The quantitative estimate of drug-likeness (QED) is 0.206. The fourth-order valence-electron chi connectivity index (χ4n) is 2.10. The van der Waals surface area contributed by atoms with Crippen LogP contribution in [0.1, 0.15) is 12.0 Å². The van der Waals surface area contributed by atoms with Crippen molar-refractivity contribution < 1.29 is 53.0 Å². The minimum Gasteiger partial charge on any atom is -0.497 e. The maximum absolute atomic E-state index is 13.7. The maximum Gasteiger partial charge on any atom is 0.460 e. The molecule has 0 aromatic heterocycles. The van der Waals surface area contributed by atoms with Gasteiger partial charge in [0.1, 0.15) is 5.75 Å². The Hall–Kier alpha value is -1.02. The molecule has 162 valence electrons. The summed E-state index contributed by atoms with van der Waals surface area (Å²) in [4.78, 5) is 0. The van der Waals surface area contributed by atoms with E-state index < -0.39 is 40.2 Å². The molecule has 0 N–H and O–H groups in total. The summed E-state index contributed by atoms with van der Waals surface area (Å²) in [6, 6.07) is 5.49. The van der Waals surface area contributed by atoms with Gasteiger partial charge < -0.3 is 4.74 Å². The summed E-state index contributed by atoms with van der Waals surface area (Å²) < 4.78 is 146. The fourth-order valence-corrected chi connectivity index (χ4v) is 3.16. The van der Waals surface area contributed by atoms with Gasteiger partial charge in [0, 0.05) is 10.3 Å². The van der Waals surface area contributed by atoms with E-state index in [0.29, 0.717) is 11.3 Å². The van der Waals surface area contributed by atoms with Crippen LogP contribution < -0.4 is 4.74 Å². The Morgan fingerprint density at radius 3 is 1.64 bits per heavy atom. The summed E-state index contributed by atoms with van der Waals surface area (Å²) in [5.41, 5.74) is 0.298. The first-order chi connectivity index (χ1) is 12.4. The summed E-state index contributed by atoms with van der Waals surface area (Å²) in [5, 5.41) is 0. The lowest BCUT2D eigenvalue weighted by atomic mass is 9.94. The zero-order chi connectivity index (χ0) is 22.2. The molecule has 1 aromatic carbocycles. The van der Waals surface area contributed by atoms with Crippen molar-refractivity contribution in [1.82, 2.24) is 0 Å². The van der Waals surface area contributed by atoms with Gasteiger partial charge in [-0.2, -0.15) is 48.3 Å². The number of ether oxygens (including phenoxy) is 1. The Morgan fingerprint density at radius 1 is 0.786 bits per heavy atom. The second kappa shape index (κ2) is 8.01. The molecule has 28 heavy (non-hydrogen) atoms. The molecule has 13 heteroatoms. The monoisotopic (exact) mass is 544 g/mol. The van der Waals surface area contributed by atoms with Gasteiger partial charge in [-0.25, -0.2) is 0 Å². The van der Waals surface area contributed by atoms with Crippen LogP contribution in [0.15, 0.2) is 24.3 Å². The van der Waals surface area contributed by atoms with E-state index in [1.165, 1.54) is 54.0 Å². The number of halogens is 12. The average molecular weight is 544 g/mol. The smallest absolute Gasteiger partial charge is 0.460 e. The van der Waals surface area contributed by atoms with E-state index in [1.807, 2.05) is 0 Å². The number of alkyl halides is 12. The molecule has 0 bridgehead atoms. The summed E-state index contributed by atoms with van der Waals surface area (Å²) in [6.07, 6.45) is -9.57. The van der Waals surface area contributed by atoms with E-state index in [2.05, 4.69) is 0 Å². The molecule has 1 atom stereocenters. The SMILES string of the molecule is COc1ccc(CC(I)CC(F)(F)C(F)(F)C(F)(F)C(F)(F)C(F)(F)F)cc1. The lowest BCUT2D eigenvalue weighted by Gasteiger charge is -2.37. The van der Waals surface area contributed by atoms with Gasteiger partial charge in [-0.15, -0.1) is 0 Å². The molecule has 0 aliphatic carbocycles. The fraction of sp³-hybridized carbons (Fsp3) is 0.600. The van der Waals surface area contributed by atoms with Gasteiger partial charge in [0.05, 0.1) is 7.11 Å². The van der Waals surface area contributed by atoms with E-state index in [-0.39, 0.29) is 6.42 Å². The Balaban J connectivity index is 3.04. The van der Waals surface area contributed by atoms with Gasteiger partial charge in [0.25, 0.3) is 0 Å². The molecule has 1 aromatic rings. The highest BCUT2D eigenvalue weighted by molar-refractivity contribution is 14.1. The second-order valence-electron chi connectivity index (χ2n) is 5.78. The van der Waals surface area contributed by atoms with E-state index in [4.69, 9.17) is 4.74 Å². The highest BCUT2D eigenvalue weighted by Crippen LogP contribution is 2.58. The Morgan fingerprint density at radius 2 is 1.25 bits per heavy atom.